The number of nitrogens with zero attached hydrogens (tertiary/aromatic N) is 1. The molecule has 2 aromatic rings. The van der Waals surface area contributed by atoms with E-state index < -0.39 is 5.92 Å². The fourth-order valence-electron chi connectivity index (χ4n) is 3.02. The summed E-state index contributed by atoms with van der Waals surface area (Å²) in [4.78, 5) is 26.7. The Hall–Kier alpha value is -2.53. The van der Waals surface area contributed by atoms with Crippen LogP contribution in [-0.2, 0) is 9.59 Å². The molecule has 0 radical (unpaired) electrons. The summed E-state index contributed by atoms with van der Waals surface area (Å²) >= 11 is 6.10. The van der Waals surface area contributed by atoms with Crippen molar-refractivity contribution in [3.63, 3.8) is 0 Å². The molecule has 6 heteroatoms. The fourth-order valence-corrected chi connectivity index (χ4v) is 3.18. The Morgan fingerprint density at radius 3 is 2.58 bits per heavy atom. The minimum absolute atomic E-state index is 0.0479. The van der Waals surface area contributed by atoms with E-state index in [1.54, 1.807) is 17.0 Å². The molecule has 0 aliphatic carbocycles. The van der Waals surface area contributed by atoms with Crippen LogP contribution in [0.25, 0.3) is 0 Å². The molecule has 2 aromatic carbocycles. The molecule has 1 heterocycles. The van der Waals surface area contributed by atoms with Gasteiger partial charge in [-0.2, -0.15) is 0 Å². The maximum atomic E-state index is 12.7. The molecular formula is C20H21ClN2O3. The maximum absolute atomic E-state index is 12.7. The van der Waals surface area contributed by atoms with Crippen molar-refractivity contribution in [2.45, 2.75) is 20.3 Å². The van der Waals surface area contributed by atoms with Crippen molar-refractivity contribution in [2.75, 3.05) is 23.9 Å². The van der Waals surface area contributed by atoms with Crippen LogP contribution in [0.15, 0.2) is 36.4 Å². The zero-order chi connectivity index (χ0) is 18.8. The third-order valence-electron chi connectivity index (χ3n) is 4.58. The highest BCUT2D eigenvalue weighted by Gasteiger charge is 2.35. The van der Waals surface area contributed by atoms with Crippen molar-refractivity contribution in [1.82, 2.24) is 0 Å². The zero-order valence-electron chi connectivity index (χ0n) is 15.0. The molecule has 136 valence electrons. The van der Waals surface area contributed by atoms with Gasteiger partial charge in [-0.15, -0.1) is 0 Å². The van der Waals surface area contributed by atoms with E-state index in [0.29, 0.717) is 23.0 Å². The Morgan fingerprint density at radius 2 is 1.92 bits per heavy atom. The quantitative estimate of drug-likeness (QED) is 0.883. The monoisotopic (exact) mass is 372 g/mol. The number of methoxy groups -OCH3 is 1. The molecule has 3 rings (SSSR count). The molecule has 1 atom stereocenters. The normalized spacial score (nSPS) is 16.7. The number of nitrogens with one attached hydrogen (secondary N) is 1. The largest absolute Gasteiger partial charge is 0.495 e. The van der Waals surface area contributed by atoms with Gasteiger partial charge in [0, 0.05) is 29.7 Å². The highest BCUT2D eigenvalue weighted by atomic mass is 35.5. The van der Waals surface area contributed by atoms with Crippen molar-refractivity contribution in [2.24, 2.45) is 5.92 Å². The first kappa shape index (κ1) is 18.3. The fraction of sp³-hybridized carbons (Fsp3) is 0.300. The number of amides is 2. The molecule has 0 saturated carbocycles. The highest BCUT2D eigenvalue weighted by molar-refractivity contribution is 6.31. The molecule has 1 saturated heterocycles. The summed E-state index contributed by atoms with van der Waals surface area (Å²) in [6.45, 7) is 4.21. The lowest BCUT2D eigenvalue weighted by Crippen LogP contribution is -2.28. The molecular weight excluding hydrogens is 352 g/mol. The minimum Gasteiger partial charge on any atom is -0.495 e. The van der Waals surface area contributed by atoms with Gasteiger partial charge >= 0.3 is 0 Å². The molecule has 1 aliphatic heterocycles. The first-order valence-electron chi connectivity index (χ1n) is 8.41. The third-order valence-corrected chi connectivity index (χ3v) is 4.99. The Balaban J connectivity index is 1.74. The summed E-state index contributed by atoms with van der Waals surface area (Å²) in [5.74, 6) is -0.167. The molecule has 1 fully saturated rings. The lowest BCUT2D eigenvalue weighted by atomic mass is 10.1. The number of rotatable bonds is 4. The van der Waals surface area contributed by atoms with Gasteiger partial charge in [0.15, 0.2) is 0 Å². The minimum atomic E-state index is -0.413. The average molecular weight is 373 g/mol. The van der Waals surface area contributed by atoms with Gasteiger partial charge in [-0.05, 0) is 37.6 Å². The Labute approximate surface area is 157 Å². The predicted molar refractivity (Wildman–Crippen MR) is 103 cm³/mol. The van der Waals surface area contributed by atoms with E-state index in [1.807, 2.05) is 38.1 Å². The highest BCUT2D eigenvalue weighted by Crippen LogP contribution is 2.32. The van der Waals surface area contributed by atoms with Crippen molar-refractivity contribution in [1.29, 1.82) is 0 Å². The number of benzene rings is 2. The summed E-state index contributed by atoms with van der Waals surface area (Å²) < 4.78 is 5.29. The van der Waals surface area contributed by atoms with Gasteiger partial charge in [-0.25, -0.2) is 0 Å². The molecule has 26 heavy (non-hydrogen) atoms. The topological polar surface area (TPSA) is 58.6 Å². The number of anilines is 2. The average Bonchev–Trinajstić information content (AvgIpc) is 3.00. The summed E-state index contributed by atoms with van der Waals surface area (Å²) in [5, 5.41) is 3.44. The van der Waals surface area contributed by atoms with E-state index >= 15 is 0 Å². The third kappa shape index (κ3) is 3.68. The second kappa shape index (κ2) is 7.38. The van der Waals surface area contributed by atoms with Crippen LogP contribution < -0.4 is 15.0 Å². The number of carbonyl (C=O) groups is 2. The summed E-state index contributed by atoms with van der Waals surface area (Å²) in [6, 6.07) is 11.2. The van der Waals surface area contributed by atoms with Crippen molar-refractivity contribution >= 4 is 34.8 Å². The van der Waals surface area contributed by atoms with Gasteiger partial charge in [0.25, 0.3) is 0 Å². The van der Waals surface area contributed by atoms with Crippen LogP contribution in [0.2, 0.25) is 5.02 Å². The summed E-state index contributed by atoms with van der Waals surface area (Å²) in [5.41, 5.74) is 3.34. The Bertz CT molecular complexity index is 849. The van der Waals surface area contributed by atoms with Gasteiger partial charge in [0.05, 0.1) is 18.7 Å². The zero-order valence-corrected chi connectivity index (χ0v) is 15.8. The number of hydrogen-bond acceptors (Lipinski definition) is 3. The first-order valence-corrected chi connectivity index (χ1v) is 8.79. The summed E-state index contributed by atoms with van der Waals surface area (Å²) in [6.07, 6.45) is 0.189. The molecule has 1 aliphatic rings. The maximum Gasteiger partial charge on any atom is 0.229 e. The molecule has 0 aromatic heterocycles. The van der Waals surface area contributed by atoms with E-state index in [1.165, 1.54) is 7.11 Å². The van der Waals surface area contributed by atoms with Gasteiger partial charge in [-0.3, -0.25) is 9.59 Å². The van der Waals surface area contributed by atoms with Crippen LogP contribution in [0.4, 0.5) is 11.4 Å². The Morgan fingerprint density at radius 1 is 1.23 bits per heavy atom. The van der Waals surface area contributed by atoms with Crippen LogP contribution in [0, 0.1) is 19.8 Å². The van der Waals surface area contributed by atoms with Crippen LogP contribution >= 0.6 is 11.6 Å². The van der Waals surface area contributed by atoms with Gasteiger partial charge < -0.3 is 15.0 Å². The van der Waals surface area contributed by atoms with E-state index in [2.05, 4.69) is 5.32 Å². The lowest BCUT2D eigenvalue weighted by Gasteiger charge is -2.17. The smallest absolute Gasteiger partial charge is 0.229 e. The predicted octanol–water partition coefficient (Wildman–Crippen LogP) is 3.96. The molecule has 0 spiro atoms. The van der Waals surface area contributed by atoms with Crippen LogP contribution in [0.1, 0.15) is 17.5 Å². The second-order valence-electron chi connectivity index (χ2n) is 6.53. The van der Waals surface area contributed by atoms with Crippen molar-refractivity contribution in [3.8, 4) is 5.75 Å². The number of carbonyl (C=O) groups excluding carboxylic acids is 2. The molecule has 1 N–H and O–H groups in total. The molecule has 2 amide bonds. The SMILES string of the molecule is COc1cc(Cl)c(C)cc1NC(=O)C1CC(=O)N(c2ccc(C)cc2)C1. The molecule has 0 bridgehead atoms. The second-order valence-corrected chi connectivity index (χ2v) is 6.94. The molecule has 1 unspecified atom stereocenters. The summed E-state index contributed by atoms with van der Waals surface area (Å²) in [7, 11) is 1.52. The van der Waals surface area contributed by atoms with Crippen LogP contribution in [-0.4, -0.2) is 25.5 Å². The molecule has 5 nitrogen and oxygen atoms in total. The van der Waals surface area contributed by atoms with Gasteiger partial charge in [0.2, 0.25) is 11.8 Å². The van der Waals surface area contributed by atoms with E-state index in [-0.39, 0.29) is 18.2 Å². The lowest BCUT2D eigenvalue weighted by molar-refractivity contribution is -0.122. The number of hydrogen-bond donors (Lipinski definition) is 1. The van der Waals surface area contributed by atoms with E-state index in [4.69, 9.17) is 16.3 Å². The number of ether oxygens (including phenoxy) is 1. The van der Waals surface area contributed by atoms with Crippen molar-refractivity contribution < 1.29 is 14.3 Å². The van der Waals surface area contributed by atoms with Crippen LogP contribution in [0.3, 0.4) is 0 Å². The van der Waals surface area contributed by atoms with Crippen molar-refractivity contribution in [3.05, 3.63) is 52.5 Å². The standard InChI is InChI=1S/C20H21ClN2O3/c1-12-4-6-15(7-5-12)23-11-14(9-19(23)24)20(25)22-17-8-13(2)16(21)10-18(17)26-3/h4-8,10,14H,9,11H2,1-3H3,(H,22,25). The Kier molecular flexibility index (Phi) is 5.18. The van der Waals surface area contributed by atoms with Gasteiger partial charge in [-0.1, -0.05) is 29.3 Å². The van der Waals surface area contributed by atoms with Gasteiger partial charge in [0.1, 0.15) is 5.75 Å². The number of aryl methyl sites for hydroxylation is 2. The van der Waals surface area contributed by atoms with Crippen LogP contribution in [0.5, 0.6) is 5.75 Å². The van der Waals surface area contributed by atoms with E-state index in [0.717, 1.165) is 16.8 Å². The number of halogens is 1. The first-order chi connectivity index (χ1) is 12.4. The van der Waals surface area contributed by atoms with E-state index in [9.17, 15) is 9.59 Å².